The highest BCUT2D eigenvalue weighted by Crippen LogP contribution is 2.27. The Morgan fingerprint density at radius 2 is 1.36 bits per heavy atom. The maximum Gasteiger partial charge on any atom is 0.328 e. The standard InChI is InChI=1S/C46H59N11O13/c1-24(60)38(46(69)70)55-41(64)33(17-26-19-49-31-7-3-2-6-29(26)31)52-43(66)36-8-4-14-56(36)45(68)37-9-5-15-57(37)44(67)35(22-59)54-42(65)34(21-58)53-40(63)32(16-25-10-12-28(61)13-11-25)51-39(62)30(47)18-27-20-48-23-50-27/h2-3,6-7,10-13,19-20,23-24,30,32-38,49,58-61H,4-5,8-9,14-18,21-22,47H2,1H3,(H,48,50)(H,51,62)(H,52,66)(H,53,63)(H,54,65)(H,55,64)(H,69,70)/t24-,30+,32+,33+,34+,35+,36+,37+,38+/m1/s1. The van der Waals surface area contributed by atoms with E-state index in [1.165, 1.54) is 53.5 Å². The predicted molar refractivity (Wildman–Crippen MR) is 247 cm³/mol. The molecule has 24 heteroatoms. The van der Waals surface area contributed by atoms with Crippen LogP contribution in [0.4, 0.5) is 0 Å². The van der Waals surface area contributed by atoms with Gasteiger partial charge in [-0.25, -0.2) is 9.78 Å². The smallest absolute Gasteiger partial charge is 0.328 e. The van der Waals surface area contributed by atoms with Crippen molar-refractivity contribution in [2.24, 2.45) is 5.73 Å². The number of hydrogen-bond donors (Lipinski definition) is 13. The van der Waals surface area contributed by atoms with Crippen molar-refractivity contribution in [3.63, 3.8) is 0 Å². The van der Waals surface area contributed by atoms with Gasteiger partial charge in [0, 0.05) is 61.3 Å². The Morgan fingerprint density at radius 1 is 0.743 bits per heavy atom. The van der Waals surface area contributed by atoms with E-state index in [-0.39, 0.29) is 50.9 Å². The second-order valence-electron chi connectivity index (χ2n) is 17.4. The van der Waals surface area contributed by atoms with Crippen LogP contribution in [0.15, 0.2) is 67.3 Å². The largest absolute Gasteiger partial charge is 0.508 e. The Balaban J connectivity index is 1.11. The molecule has 0 spiro atoms. The maximum absolute atomic E-state index is 14.3. The first-order valence-electron chi connectivity index (χ1n) is 22.8. The van der Waals surface area contributed by atoms with Crippen LogP contribution in [0.25, 0.3) is 10.9 Å². The summed E-state index contributed by atoms with van der Waals surface area (Å²) in [6, 6.07) is 1.89. The van der Waals surface area contributed by atoms with Gasteiger partial charge >= 0.3 is 5.97 Å². The van der Waals surface area contributed by atoms with Crippen LogP contribution in [0, 0.1) is 0 Å². The number of phenolic OH excluding ortho intramolecular Hbond substituents is 1. The molecule has 2 fully saturated rings. The summed E-state index contributed by atoms with van der Waals surface area (Å²) in [6.07, 6.45) is 3.97. The third-order valence-electron chi connectivity index (χ3n) is 12.4. The number of nitrogens with two attached hydrogens (primary N) is 1. The number of phenols is 1. The van der Waals surface area contributed by atoms with E-state index < -0.39 is 115 Å². The van der Waals surface area contributed by atoms with E-state index in [2.05, 4.69) is 41.5 Å². The molecule has 4 heterocycles. The number of hydrogen-bond acceptors (Lipinski definition) is 14. The average Bonchev–Trinajstić information content (AvgIpc) is 4.20. The first-order valence-corrected chi connectivity index (χ1v) is 22.8. The SMILES string of the molecule is C[C@@H](O)[C@H](NC(=O)[C@H](Cc1c[nH]c2ccccc12)NC(=O)[C@@H]1CCCN1C(=O)[C@@H]1CCCN1C(=O)[C@H](CO)NC(=O)[C@H](CO)NC(=O)[C@H](Cc1ccc(O)cc1)NC(=O)[C@@H](N)Cc1cnc[nH]1)C(=O)O. The van der Waals surface area contributed by atoms with Crippen molar-refractivity contribution in [2.45, 2.75) is 106 Å². The number of aromatic amines is 2. The number of nitrogens with one attached hydrogen (secondary N) is 7. The Morgan fingerprint density at radius 3 is 2.01 bits per heavy atom. The van der Waals surface area contributed by atoms with E-state index in [0.717, 1.165) is 10.9 Å². The lowest BCUT2D eigenvalue weighted by molar-refractivity contribution is -0.149. The van der Waals surface area contributed by atoms with Crippen LogP contribution >= 0.6 is 0 Å². The van der Waals surface area contributed by atoms with E-state index >= 15 is 0 Å². The first-order chi connectivity index (χ1) is 33.5. The third kappa shape index (κ3) is 12.8. The molecule has 9 atom stereocenters. The van der Waals surface area contributed by atoms with Crippen LogP contribution in [0.1, 0.15) is 49.4 Å². The van der Waals surface area contributed by atoms with Gasteiger partial charge in [-0.3, -0.25) is 33.6 Å². The van der Waals surface area contributed by atoms with Crippen LogP contribution in [-0.2, 0) is 57.6 Å². The summed E-state index contributed by atoms with van der Waals surface area (Å²) in [7, 11) is 0. The third-order valence-corrected chi connectivity index (χ3v) is 12.4. The summed E-state index contributed by atoms with van der Waals surface area (Å²) in [6.45, 7) is -0.583. The summed E-state index contributed by atoms with van der Waals surface area (Å²) < 4.78 is 0. The normalized spacial score (nSPS) is 18.7. The molecule has 0 bridgehead atoms. The van der Waals surface area contributed by atoms with Crippen LogP contribution in [-0.4, -0.2) is 178 Å². The number of imidazole rings is 1. The van der Waals surface area contributed by atoms with Crippen molar-refractivity contribution in [3.05, 3.63) is 84.1 Å². The fourth-order valence-electron chi connectivity index (χ4n) is 8.63. The second-order valence-corrected chi connectivity index (χ2v) is 17.4. The predicted octanol–water partition coefficient (Wildman–Crippen LogP) is -3.19. The zero-order valence-electron chi connectivity index (χ0n) is 38.2. The van der Waals surface area contributed by atoms with Crippen LogP contribution in [0.3, 0.4) is 0 Å². The number of amides is 7. The van der Waals surface area contributed by atoms with Gasteiger partial charge in [-0.2, -0.15) is 0 Å². The number of aliphatic hydroxyl groups is 3. The van der Waals surface area contributed by atoms with Gasteiger partial charge in [0.15, 0.2) is 6.04 Å². The van der Waals surface area contributed by atoms with E-state index in [1.807, 2.05) is 12.1 Å². The number of H-pyrrole nitrogens is 2. The van der Waals surface area contributed by atoms with Gasteiger partial charge in [-0.05, 0) is 61.9 Å². The number of likely N-dealkylation sites (tertiary alicyclic amines) is 2. The van der Waals surface area contributed by atoms with Crippen molar-refractivity contribution in [2.75, 3.05) is 26.3 Å². The molecular weight excluding hydrogens is 915 g/mol. The number of benzene rings is 2. The number of aliphatic hydroxyl groups excluding tert-OH is 3. The lowest BCUT2D eigenvalue weighted by Crippen LogP contribution is -2.61. The molecule has 0 unspecified atom stereocenters. The van der Waals surface area contributed by atoms with Gasteiger partial charge in [0.05, 0.1) is 31.7 Å². The van der Waals surface area contributed by atoms with Crippen molar-refractivity contribution < 1.29 is 63.9 Å². The molecule has 14 N–H and O–H groups in total. The lowest BCUT2D eigenvalue weighted by atomic mass is 10.0. The van der Waals surface area contributed by atoms with Crippen molar-refractivity contribution in [1.29, 1.82) is 0 Å². The summed E-state index contributed by atoms with van der Waals surface area (Å²) in [4.78, 5) is 121. The number of carbonyl (C=O) groups excluding carboxylic acids is 7. The summed E-state index contributed by atoms with van der Waals surface area (Å²) in [5.41, 5.74) is 8.54. The van der Waals surface area contributed by atoms with Gasteiger partial charge < -0.3 is 77.6 Å². The molecule has 2 aliphatic rings. The molecule has 376 valence electrons. The fraction of sp³-hybridized carbons (Fsp3) is 0.457. The Hall–Kier alpha value is -7.41. The molecule has 24 nitrogen and oxygen atoms in total. The minimum atomic E-state index is -1.70. The van der Waals surface area contributed by atoms with Crippen molar-refractivity contribution in [1.82, 2.24) is 51.3 Å². The average molecular weight is 974 g/mol. The van der Waals surface area contributed by atoms with Gasteiger partial charge in [0.2, 0.25) is 41.4 Å². The number of carboxylic acids is 1. The van der Waals surface area contributed by atoms with E-state index in [0.29, 0.717) is 29.7 Å². The molecular formula is C46H59N11O13. The summed E-state index contributed by atoms with van der Waals surface area (Å²) in [5.74, 6) is -7.34. The Labute approximate surface area is 400 Å². The zero-order chi connectivity index (χ0) is 50.6. The number of nitrogens with zero attached hydrogens (tertiary/aromatic N) is 3. The topological polar surface area (TPSA) is 375 Å². The number of aliphatic carboxylic acids is 1. The maximum atomic E-state index is 14.3. The number of carboxylic acid groups (broad SMARTS) is 1. The first kappa shape index (κ1) is 52.0. The molecule has 7 amide bonds. The molecule has 4 aromatic rings. The second kappa shape index (κ2) is 23.7. The minimum Gasteiger partial charge on any atom is -0.508 e. The monoisotopic (exact) mass is 973 g/mol. The fourth-order valence-corrected chi connectivity index (χ4v) is 8.63. The molecule has 2 aliphatic heterocycles. The molecule has 2 aromatic heterocycles. The van der Waals surface area contributed by atoms with E-state index in [4.69, 9.17) is 5.73 Å². The molecule has 0 radical (unpaired) electrons. The summed E-state index contributed by atoms with van der Waals surface area (Å²) in [5, 5.41) is 63.1. The van der Waals surface area contributed by atoms with Crippen LogP contribution in [0.2, 0.25) is 0 Å². The minimum absolute atomic E-state index is 0.0362. The number of aromatic nitrogens is 3. The van der Waals surface area contributed by atoms with Gasteiger partial charge in [-0.1, -0.05) is 30.3 Å². The number of para-hydroxylation sites is 1. The highest BCUT2D eigenvalue weighted by molar-refractivity contribution is 5.98. The number of rotatable bonds is 22. The Bertz CT molecular complexity index is 2500. The molecule has 0 aliphatic carbocycles. The molecule has 2 aromatic carbocycles. The Kier molecular flexibility index (Phi) is 17.6. The van der Waals surface area contributed by atoms with Gasteiger partial charge in [-0.15, -0.1) is 0 Å². The van der Waals surface area contributed by atoms with Crippen molar-refractivity contribution >= 4 is 58.2 Å². The molecule has 0 saturated carbocycles. The van der Waals surface area contributed by atoms with E-state index in [1.54, 1.807) is 18.3 Å². The van der Waals surface area contributed by atoms with Gasteiger partial charge in [0.1, 0.15) is 42.0 Å². The van der Waals surface area contributed by atoms with Crippen LogP contribution in [0.5, 0.6) is 5.75 Å². The van der Waals surface area contributed by atoms with Gasteiger partial charge in [0.25, 0.3) is 0 Å². The zero-order valence-corrected chi connectivity index (χ0v) is 38.2. The van der Waals surface area contributed by atoms with Crippen LogP contribution < -0.4 is 32.3 Å². The highest BCUT2D eigenvalue weighted by atomic mass is 16.4. The number of carbonyl (C=O) groups is 8. The summed E-state index contributed by atoms with van der Waals surface area (Å²) >= 11 is 0. The quantitative estimate of drug-likeness (QED) is 0.0369. The molecule has 2 saturated heterocycles. The van der Waals surface area contributed by atoms with E-state index in [9.17, 15) is 63.9 Å². The molecule has 70 heavy (non-hydrogen) atoms. The number of aromatic hydroxyl groups is 1. The lowest BCUT2D eigenvalue weighted by Gasteiger charge is -2.33. The van der Waals surface area contributed by atoms with Crippen molar-refractivity contribution in [3.8, 4) is 5.75 Å². The highest BCUT2D eigenvalue weighted by Gasteiger charge is 2.44. The number of fused-ring (bicyclic) bond motifs is 1. The molecule has 6 rings (SSSR count).